The molecule has 0 bridgehead atoms. The first-order valence-corrected chi connectivity index (χ1v) is 6.78. The second-order valence-electron chi connectivity index (χ2n) is 4.69. The van der Waals surface area contributed by atoms with Crippen LogP contribution in [0.1, 0.15) is 11.3 Å². The van der Waals surface area contributed by atoms with Crippen molar-refractivity contribution < 1.29 is 14.3 Å². The van der Waals surface area contributed by atoms with Gasteiger partial charge in [-0.25, -0.2) is 5.43 Å². The molecule has 0 aliphatic heterocycles. The van der Waals surface area contributed by atoms with Gasteiger partial charge in [-0.15, -0.1) is 0 Å². The number of rotatable bonds is 6. The zero-order valence-electron chi connectivity index (χ0n) is 12.9. The van der Waals surface area contributed by atoms with Gasteiger partial charge in [-0.1, -0.05) is 0 Å². The number of carbonyl (C=O) groups is 1. The van der Waals surface area contributed by atoms with Crippen LogP contribution in [0.4, 0.5) is 0 Å². The Labute approximate surface area is 129 Å². The number of nitrogens with zero attached hydrogens (tertiary/aromatic N) is 2. The lowest BCUT2D eigenvalue weighted by molar-refractivity contribution is -0.120. The van der Waals surface area contributed by atoms with Crippen molar-refractivity contribution >= 4 is 12.1 Å². The molecule has 22 heavy (non-hydrogen) atoms. The topological polar surface area (TPSA) is 64.8 Å². The predicted molar refractivity (Wildman–Crippen MR) is 84.4 cm³/mol. The minimum Gasteiger partial charge on any atom is -0.493 e. The van der Waals surface area contributed by atoms with Crippen molar-refractivity contribution in [3.05, 3.63) is 47.8 Å². The molecule has 0 spiro atoms. The Morgan fingerprint density at radius 2 is 2.05 bits per heavy atom. The molecule has 0 radical (unpaired) electrons. The van der Waals surface area contributed by atoms with Crippen LogP contribution in [0.3, 0.4) is 0 Å². The Bertz CT molecular complexity index is 677. The summed E-state index contributed by atoms with van der Waals surface area (Å²) < 4.78 is 12.3. The van der Waals surface area contributed by atoms with Crippen LogP contribution in [-0.2, 0) is 18.3 Å². The summed E-state index contributed by atoms with van der Waals surface area (Å²) in [5.74, 6) is 1.09. The zero-order valence-corrected chi connectivity index (χ0v) is 12.9. The third-order valence-corrected chi connectivity index (χ3v) is 3.20. The second-order valence-corrected chi connectivity index (χ2v) is 4.69. The molecule has 6 heteroatoms. The predicted octanol–water partition coefficient (Wildman–Crippen LogP) is 1.74. The van der Waals surface area contributed by atoms with Crippen LogP contribution in [0.2, 0.25) is 0 Å². The van der Waals surface area contributed by atoms with Gasteiger partial charge in [0.2, 0.25) is 5.91 Å². The molecule has 1 N–H and O–H groups in total. The maximum atomic E-state index is 11.8. The summed E-state index contributed by atoms with van der Waals surface area (Å²) in [5, 5.41) is 3.95. The molecule has 0 atom stereocenters. The standard InChI is InChI=1S/C16H19N3O3/c1-19-8-4-5-13(19)10-16(20)18-17-11-12-6-7-14(21-2)15(9-12)22-3/h4-9,11H,10H2,1-3H3,(H,18,20)/b17-11+. The summed E-state index contributed by atoms with van der Waals surface area (Å²) >= 11 is 0. The van der Waals surface area contributed by atoms with E-state index in [1.54, 1.807) is 32.6 Å². The molecule has 0 saturated heterocycles. The van der Waals surface area contributed by atoms with E-state index in [2.05, 4.69) is 10.5 Å². The highest BCUT2D eigenvalue weighted by molar-refractivity contribution is 5.83. The van der Waals surface area contributed by atoms with E-state index in [9.17, 15) is 4.79 Å². The monoisotopic (exact) mass is 301 g/mol. The second kappa shape index (κ2) is 7.31. The lowest BCUT2D eigenvalue weighted by atomic mass is 10.2. The largest absolute Gasteiger partial charge is 0.493 e. The van der Waals surface area contributed by atoms with Gasteiger partial charge in [0.05, 0.1) is 26.9 Å². The fraction of sp³-hybridized carbons (Fsp3) is 0.250. The van der Waals surface area contributed by atoms with E-state index in [0.29, 0.717) is 11.5 Å². The van der Waals surface area contributed by atoms with Crippen molar-refractivity contribution in [2.45, 2.75) is 6.42 Å². The highest BCUT2D eigenvalue weighted by Gasteiger charge is 2.05. The molecule has 0 unspecified atom stereocenters. The molecule has 6 nitrogen and oxygen atoms in total. The molecule has 0 aliphatic carbocycles. The number of hydrazone groups is 1. The normalized spacial score (nSPS) is 10.7. The van der Waals surface area contributed by atoms with E-state index >= 15 is 0 Å². The van der Waals surface area contributed by atoms with Crippen LogP contribution in [0.5, 0.6) is 11.5 Å². The van der Waals surface area contributed by atoms with Crippen molar-refractivity contribution in [1.82, 2.24) is 9.99 Å². The highest BCUT2D eigenvalue weighted by atomic mass is 16.5. The van der Waals surface area contributed by atoms with Crippen molar-refractivity contribution in [2.24, 2.45) is 12.1 Å². The number of aromatic nitrogens is 1. The van der Waals surface area contributed by atoms with Crippen molar-refractivity contribution in [3.63, 3.8) is 0 Å². The van der Waals surface area contributed by atoms with Gasteiger partial charge in [-0.3, -0.25) is 4.79 Å². The number of amides is 1. The van der Waals surface area contributed by atoms with Gasteiger partial charge in [0, 0.05) is 18.9 Å². The van der Waals surface area contributed by atoms with E-state index in [-0.39, 0.29) is 12.3 Å². The molecule has 0 aliphatic rings. The lowest BCUT2D eigenvalue weighted by Crippen LogP contribution is -2.20. The number of aryl methyl sites for hydroxylation is 1. The van der Waals surface area contributed by atoms with Crippen LogP contribution < -0.4 is 14.9 Å². The number of methoxy groups -OCH3 is 2. The van der Waals surface area contributed by atoms with Gasteiger partial charge in [0.1, 0.15) is 0 Å². The van der Waals surface area contributed by atoms with E-state index in [1.807, 2.05) is 36.0 Å². The Kier molecular flexibility index (Phi) is 5.19. The maximum absolute atomic E-state index is 11.8. The quantitative estimate of drug-likeness (QED) is 0.653. The van der Waals surface area contributed by atoms with E-state index in [0.717, 1.165) is 11.3 Å². The van der Waals surface area contributed by atoms with Crippen molar-refractivity contribution in [1.29, 1.82) is 0 Å². The molecule has 2 rings (SSSR count). The molecule has 116 valence electrons. The molecule has 1 aromatic carbocycles. The minimum atomic E-state index is -0.168. The molecule has 0 fully saturated rings. The van der Waals surface area contributed by atoms with Gasteiger partial charge in [-0.2, -0.15) is 5.10 Å². The molecule has 1 aromatic heterocycles. The lowest BCUT2D eigenvalue weighted by Gasteiger charge is -2.07. The molecule has 1 amide bonds. The van der Waals surface area contributed by atoms with E-state index in [1.165, 1.54) is 0 Å². The average Bonchev–Trinajstić information content (AvgIpc) is 2.92. The SMILES string of the molecule is COc1ccc(/C=N/NC(=O)Cc2cccn2C)cc1OC. The number of carbonyl (C=O) groups excluding carboxylic acids is 1. The summed E-state index contributed by atoms with van der Waals surface area (Å²) in [6, 6.07) is 9.19. The van der Waals surface area contributed by atoms with Gasteiger partial charge < -0.3 is 14.0 Å². The number of hydrogen-bond acceptors (Lipinski definition) is 4. The van der Waals surface area contributed by atoms with E-state index in [4.69, 9.17) is 9.47 Å². The third-order valence-electron chi connectivity index (χ3n) is 3.20. The van der Waals surface area contributed by atoms with Gasteiger partial charge in [0.15, 0.2) is 11.5 Å². The molecule has 2 aromatic rings. The number of hydrogen-bond donors (Lipinski definition) is 1. The zero-order chi connectivity index (χ0) is 15.9. The fourth-order valence-electron chi connectivity index (χ4n) is 2.00. The first kappa shape index (κ1) is 15.6. The summed E-state index contributed by atoms with van der Waals surface area (Å²) in [5.41, 5.74) is 4.24. The van der Waals surface area contributed by atoms with Crippen LogP contribution >= 0.6 is 0 Å². The Morgan fingerprint density at radius 3 is 2.68 bits per heavy atom. The first-order chi connectivity index (χ1) is 10.6. The number of ether oxygens (including phenoxy) is 2. The van der Waals surface area contributed by atoms with Crippen molar-refractivity contribution in [3.8, 4) is 11.5 Å². The molecule has 1 heterocycles. The Hall–Kier alpha value is -2.76. The molecule has 0 saturated carbocycles. The van der Waals surface area contributed by atoms with E-state index < -0.39 is 0 Å². The number of benzene rings is 1. The van der Waals surface area contributed by atoms with Crippen LogP contribution in [-0.4, -0.2) is 30.9 Å². The highest BCUT2D eigenvalue weighted by Crippen LogP contribution is 2.26. The summed E-state index contributed by atoms with van der Waals surface area (Å²) in [4.78, 5) is 11.8. The van der Waals surface area contributed by atoms with Crippen molar-refractivity contribution in [2.75, 3.05) is 14.2 Å². The Morgan fingerprint density at radius 1 is 1.27 bits per heavy atom. The Balaban J connectivity index is 1.94. The maximum Gasteiger partial charge on any atom is 0.245 e. The summed E-state index contributed by atoms with van der Waals surface area (Å²) in [6.45, 7) is 0. The molecular weight excluding hydrogens is 282 g/mol. The number of nitrogens with one attached hydrogen (secondary N) is 1. The van der Waals surface area contributed by atoms with Gasteiger partial charge >= 0.3 is 0 Å². The summed E-state index contributed by atoms with van der Waals surface area (Å²) in [7, 11) is 5.05. The van der Waals surface area contributed by atoms with Crippen LogP contribution in [0.15, 0.2) is 41.6 Å². The third kappa shape index (κ3) is 3.88. The summed E-state index contributed by atoms with van der Waals surface area (Å²) in [6.07, 6.45) is 3.74. The average molecular weight is 301 g/mol. The van der Waals surface area contributed by atoms with Crippen LogP contribution in [0.25, 0.3) is 0 Å². The smallest absolute Gasteiger partial charge is 0.245 e. The molecular formula is C16H19N3O3. The van der Waals surface area contributed by atoms with Crippen LogP contribution in [0, 0.1) is 0 Å². The first-order valence-electron chi connectivity index (χ1n) is 6.78. The van der Waals surface area contributed by atoms with Gasteiger partial charge in [0.25, 0.3) is 0 Å². The van der Waals surface area contributed by atoms with Gasteiger partial charge in [-0.05, 0) is 35.9 Å². The fourth-order valence-corrected chi connectivity index (χ4v) is 2.00. The minimum absolute atomic E-state index is 0.168.